The van der Waals surface area contributed by atoms with Gasteiger partial charge in [0.2, 0.25) is 6.41 Å². The first-order chi connectivity index (χ1) is 13.8. The molecule has 4 aromatic rings. The van der Waals surface area contributed by atoms with E-state index >= 15 is 0 Å². The number of aromatic nitrogens is 2. The van der Waals surface area contributed by atoms with Crippen molar-refractivity contribution >= 4 is 23.1 Å². The van der Waals surface area contributed by atoms with E-state index in [1.54, 1.807) is 0 Å². The monoisotopic (exact) mass is 371 g/mol. The highest BCUT2D eigenvalue weighted by molar-refractivity contribution is 5.85. The summed E-state index contributed by atoms with van der Waals surface area (Å²) in [6.07, 6.45) is 0.701. The van der Waals surface area contributed by atoms with E-state index in [1.807, 2.05) is 49.4 Å². The number of para-hydroxylation sites is 3. The summed E-state index contributed by atoms with van der Waals surface area (Å²) in [7, 11) is 0. The van der Waals surface area contributed by atoms with Crippen molar-refractivity contribution in [2.24, 2.45) is 0 Å². The number of nitrogens with zero attached hydrogens (tertiary/aromatic N) is 2. The van der Waals surface area contributed by atoms with E-state index in [1.165, 1.54) is 0 Å². The van der Waals surface area contributed by atoms with Gasteiger partial charge in [0.05, 0.1) is 24.2 Å². The van der Waals surface area contributed by atoms with Crippen LogP contribution in [0.3, 0.4) is 0 Å². The lowest BCUT2D eigenvalue weighted by atomic mass is 10.0. The summed E-state index contributed by atoms with van der Waals surface area (Å²) >= 11 is 0. The lowest BCUT2D eigenvalue weighted by Crippen LogP contribution is -2.05. The van der Waals surface area contributed by atoms with Crippen LogP contribution in [0.1, 0.15) is 12.5 Å². The van der Waals surface area contributed by atoms with Gasteiger partial charge in [0, 0.05) is 11.3 Å². The van der Waals surface area contributed by atoms with Crippen molar-refractivity contribution in [1.82, 2.24) is 9.55 Å². The molecule has 3 aromatic carbocycles. The normalized spacial score (nSPS) is 10.8. The summed E-state index contributed by atoms with van der Waals surface area (Å²) in [6, 6.07) is 24.8. The first-order valence-electron chi connectivity index (χ1n) is 9.26. The Hall–Kier alpha value is -3.60. The van der Waals surface area contributed by atoms with Crippen molar-refractivity contribution in [3.8, 4) is 17.1 Å². The minimum Gasteiger partial charge on any atom is -0.465 e. The van der Waals surface area contributed by atoms with Gasteiger partial charge < -0.3 is 10.1 Å². The minimum atomic E-state index is 0.572. The lowest BCUT2D eigenvalue weighted by molar-refractivity contribution is -0.105. The zero-order valence-electron chi connectivity index (χ0n) is 15.6. The summed E-state index contributed by atoms with van der Waals surface area (Å²) in [5.41, 5.74) is 5.96. The van der Waals surface area contributed by atoms with E-state index < -0.39 is 0 Å². The van der Waals surface area contributed by atoms with Gasteiger partial charge in [0.25, 0.3) is 6.01 Å². The largest absolute Gasteiger partial charge is 0.465 e. The number of hydrogen-bond donors (Lipinski definition) is 1. The van der Waals surface area contributed by atoms with E-state index in [-0.39, 0.29) is 0 Å². The first-order valence-corrected chi connectivity index (χ1v) is 9.26. The molecule has 1 amide bonds. The Kier molecular flexibility index (Phi) is 5.06. The molecule has 1 N–H and O–H groups in total. The second-order valence-electron chi connectivity index (χ2n) is 6.41. The molecule has 0 fully saturated rings. The van der Waals surface area contributed by atoms with Crippen molar-refractivity contribution in [1.29, 1.82) is 0 Å². The summed E-state index contributed by atoms with van der Waals surface area (Å²) in [6.45, 7) is 3.20. The van der Waals surface area contributed by atoms with Crippen LogP contribution < -0.4 is 10.1 Å². The minimum absolute atomic E-state index is 0.572. The van der Waals surface area contributed by atoms with Crippen LogP contribution >= 0.6 is 0 Å². The van der Waals surface area contributed by atoms with Crippen molar-refractivity contribution in [2.75, 3.05) is 11.9 Å². The number of benzene rings is 3. The topological polar surface area (TPSA) is 56.1 Å². The SMILES string of the molecule is CCOc1nc2ccccc2n1Cc1ccc(-c2ccccc2NC=O)cc1. The molecule has 140 valence electrons. The summed E-state index contributed by atoms with van der Waals surface area (Å²) < 4.78 is 7.83. The van der Waals surface area contributed by atoms with Crippen LogP contribution in [0.5, 0.6) is 6.01 Å². The predicted molar refractivity (Wildman–Crippen MR) is 112 cm³/mol. The molecule has 5 nitrogen and oxygen atoms in total. The molecule has 0 spiro atoms. The molecule has 0 aliphatic rings. The number of hydrogen-bond acceptors (Lipinski definition) is 3. The van der Waals surface area contributed by atoms with Crippen molar-refractivity contribution in [3.63, 3.8) is 0 Å². The van der Waals surface area contributed by atoms with Crippen LogP contribution in [0.2, 0.25) is 0 Å². The third-order valence-corrected chi connectivity index (χ3v) is 4.64. The van der Waals surface area contributed by atoms with Crippen LogP contribution in [-0.2, 0) is 11.3 Å². The number of rotatable bonds is 7. The van der Waals surface area contributed by atoms with Crippen LogP contribution in [0.25, 0.3) is 22.2 Å². The van der Waals surface area contributed by atoms with Crippen LogP contribution in [0.15, 0.2) is 72.8 Å². The number of imidazole rings is 1. The van der Waals surface area contributed by atoms with Crippen molar-refractivity contribution in [3.05, 3.63) is 78.4 Å². The van der Waals surface area contributed by atoms with Gasteiger partial charge in [0.15, 0.2) is 0 Å². The second kappa shape index (κ2) is 7.96. The maximum Gasteiger partial charge on any atom is 0.297 e. The molecule has 5 heteroatoms. The van der Waals surface area contributed by atoms with E-state index in [0.717, 1.165) is 33.4 Å². The Morgan fingerprint density at radius 3 is 2.54 bits per heavy atom. The Morgan fingerprint density at radius 1 is 1.00 bits per heavy atom. The van der Waals surface area contributed by atoms with Crippen LogP contribution in [0, 0.1) is 0 Å². The highest BCUT2D eigenvalue weighted by Gasteiger charge is 2.12. The lowest BCUT2D eigenvalue weighted by Gasteiger charge is -2.11. The number of carbonyl (C=O) groups excluding carboxylic acids is 1. The van der Waals surface area contributed by atoms with Crippen molar-refractivity contribution < 1.29 is 9.53 Å². The standard InChI is InChI=1S/C23H21N3O2/c1-2-28-23-25-21-9-5-6-10-22(21)26(23)15-17-11-13-18(14-12-17)19-7-3-4-8-20(19)24-16-27/h3-14,16H,2,15H2,1H3,(H,24,27). The zero-order valence-corrected chi connectivity index (χ0v) is 15.6. The number of carbonyl (C=O) groups is 1. The quantitative estimate of drug-likeness (QED) is 0.478. The Morgan fingerprint density at radius 2 is 1.75 bits per heavy atom. The van der Waals surface area contributed by atoms with Crippen LogP contribution in [-0.4, -0.2) is 22.6 Å². The number of ether oxygens (including phenoxy) is 1. The maximum atomic E-state index is 10.9. The fourth-order valence-electron chi connectivity index (χ4n) is 3.34. The molecule has 0 radical (unpaired) electrons. The molecule has 4 rings (SSSR count). The highest BCUT2D eigenvalue weighted by Crippen LogP contribution is 2.28. The molecule has 0 bridgehead atoms. The van der Waals surface area contributed by atoms with Gasteiger partial charge in [-0.3, -0.25) is 9.36 Å². The molecule has 1 heterocycles. The van der Waals surface area contributed by atoms with Gasteiger partial charge in [-0.05, 0) is 36.2 Å². The highest BCUT2D eigenvalue weighted by atomic mass is 16.5. The summed E-state index contributed by atoms with van der Waals surface area (Å²) in [5.74, 6) is 0. The summed E-state index contributed by atoms with van der Waals surface area (Å²) in [5, 5.41) is 2.76. The average molecular weight is 371 g/mol. The average Bonchev–Trinajstić information content (AvgIpc) is 3.07. The van der Waals surface area contributed by atoms with Gasteiger partial charge in [-0.2, -0.15) is 4.98 Å². The molecule has 0 aliphatic carbocycles. The third-order valence-electron chi connectivity index (χ3n) is 4.64. The van der Waals surface area contributed by atoms with Crippen molar-refractivity contribution in [2.45, 2.75) is 13.5 Å². The molecule has 0 aliphatic heterocycles. The van der Waals surface area contributed by atoms with Gasteiger partial charge in [-0.15, -0.1) is 0 Å². The Bertz CT molecular complexity index is 1100. The molecule has 0 saturated heterocycles. The molecule has 0 atom stereocenters. The fraction of sp³-hybridized carbons (Fsp3) is 0.130. The molecular weight excluding hydrogens is 350 g/mol. The van der Waals surface area contributed by atoms with E-state index in [9.17, 15) is 4.79 Å². The van der Waals surface area contributed by atoms with Gasteiger partial charge in [-0.1, -0.05) is 54.6 Å². The molecule has 0 saturated carbocycles. The number of anilines is 1. The number of amides is 1. The van der Waals surface area contributed by atoms with E-state index in [4.69, 9.17) is 4.74 Å². The molecule has 28 heavy (non-hydrogen) atoms. The smallest absolute Gasteiger partial charge is 0.297 e. The second-order valence-corrected chi connectivity index (χ2v) is 6.41. The number of nitrogens with one attached hydrogen (secondary N) is 1. The van der Waals surface area contributed by atoms with Crippen LogP contribution in [0.4, 0.5) is 5.69 Å². The molecular formula is C23H21N3O2. The zero-order chi connectivity index (χ0) is 19.3. The Labute approximate surface area is 163 Å². The van der Waals surface area contributed by atoms with E-state index in [0.29, 0.717) is 25.6 Å². The summed E-state index contributed by atoms with van der Waals surface area (Å²) in [4.78, 5) is 15.4. The maximum absolute atomic E-state index is 10.9. The first kappa shape index (κ1) is 17.8. The van der Waals surface area contributed by atoms with Gasteiger partial charge in [0.1, 0.15) is 0 Å². The van der Waals surface area contributed by atoms with Gasteiger partial charge >= 0.3 is 0 Å². The molecule has 0 unspecified atom stereocenters. The van der Waals surface area contributed by atoms with E-state index in [2.05, 4.69) is 45.2 Å². The molecule has 1 aromatic heterocycles. The van der Waals surface area contributed by atoms with Gasteiger partial charge in [-0.25, -0.2) is 0 Å². The third kappa shape index (κ3) is 3.47. The predicted octanol–water partition coefficient (Wildman–Crippen LogP) is 4.72. The fourth-order valence-corrected chi connectivity index (χ4v) is 3.34. The Balaban J connectivity index is 1.65. The number of fused-ring (bicyclic) bond motifs is 1.